The topological polar surface area (TPSA) is 173 Å². The zero-order valence-electron chi connectivity index (χ0n) is 26.4. The lowest BCUT2D eigenvalue weighted by Gasteiger charge is -2.28. The Morgan fingerprint density at radius 1 is 0.872 bits per heavy atom. The highest BCUT2D eigenvalue weighted by molar-refractivity contribution is 7.07. The average molecular weight is 660 g/mol. The first-order chi connectivity index (χ1) is 22.6. The highest BCUT2D eigenvalue weighted by atomic mass is 32.1. The summed E-state index contributed by atoms with van der Waals surface area (Å²) in [7, 11) is 0. The van der Waals surface area contributed by atoms with Crippen LogP contribution in [0, 0.1) is 5.92 Å². The Kier molecular flexibility index (Phi) is 12.8. The minimum atomic E-state index is -1.21. The van der Waals surface area contributed by atoms with Crippen LogP contribution in [0.1, 0.15) is 43.5 Å². The number of nitrogens with two attached hydrogens (primary N) is 1. The van der Waals surface area contributed by atoms with Crippen molar-refractivity contribution in [2.45, 2.75) is 70.4 Å². The van der Waals surface area contributed by atoms with Crippen molar-refractivity contribution in [2.75, 3.05) is 0 Å². The fraction of sp³-hybridized carbons (Fsp3) is 0.343. The highest BCUT2D eigenvalue weighted by Gasteiger charge is 2.31. The third kappa shape index (κ3) is 10.9. The third-order valence-corrected chi connectivity index (χ3v) is 8.22. The van der Waals surface area contributed by atoms with E-state index >= 15 is 0 Å². The molecule has 4 atom stereocenters. The molecule has 0 aliphatic rings. The Bertz CT molecular complexity index is 1630. The Labute approximate surface area is 277 Å². The second-order valence-electron chi connectivity index (χ2n) is 11.8. The molecule has 0 bridgehead atoms. The maximum Gasteiger partial charge on any atom is 0.408 e. The molecule has 4 aromatic rings. The quantitative estimate of drug-likeness (QED) is 0.122. The van der Waals surface area contributed by atoms with Gasteiger partial charge in [-0.1, -0.05) is 86.6 Å². The molecule has 0 saturated carbocycles. The van der Waals surface area contributed by atoms with Gasteiger partial charge >= 0.3 is 6.09 Å². The van der Waals surface area contributed by atoms with Gasteiger partial charge in [-0.3, -0.25) is 14.4 Å². The summed E-state index contributed by atoms with van der Waals surface area (Å²) in [6.07, 6.45) is -1.79. The van der Waals surface area contributed by atoms with E-state index in [2.05, 4.69) is 20.9 Å². The predicted octanol–water partition coefficient (Wildman–Crippen LogP) is 3.63. The molecule has 4 amide bonds. The number of primary amides is 1. The summed E-state index contributed by atoms with van der Waals surface area (Å²) in [6, 6.07) is 19.6. The number of fused-ring (bicyclic) bond motifs is 1. The van der Waals surface area contributed by atoms with Crippen LogP contribution in [0.2, 0.25) is 0 Å². The molecule has 0 saturated heterocycles. The molecule has 0 spiro atoms. The molecule has 2 unspecified atom stereocenters. The molecule has 0 fully saturated rings. The number of nitrogens with zero attached hydrogens (tertiary/aromatic N) is 1. The number of rotatable bonds is 16. The SMILES string of the molecule is CC(C)CC(NC(=O)[C@H](Cc1cscn1)NC(=O)[C@H](Cc1cccc2ccccc12)NC(=O)OCc1ccccc1)C(O)CC(N)=O. The van der Waals surface area contributed by atoms with E-state index < -0.39 is 48.0 Å². The first-order valence-electron chi connectivity index (χ1n) is 15.5. The molecule has 12 heteroatoms. The third-order valence-electron chi connectivity index (χ3n) is 7.58. The number of aliphatic hydroxyl groups excluding tert-OH is 1. The van der Waals surface area contributed by atoms with Crippen molar-refractivity contribution in [1.29, 1.82) is 0 Å². The van der Waals surface area contributed by atoms with Gasteiger partial charge in [-0.05, 0) is 34.2 Å². The largest absolute Gasteiger partial charge is 0.445 e. The van der Waals surface area contributed by atoms with Gasteiger partial charge < -0.3 is 31.5 Å². The standard InChI is InChI=1S/C35H41N5O6S/c1-22(2)15-28(31(41)18-32(36)42)38-34(44)30(17-26-20-47-21-37-26)39-33(43)29(40-35(45)46-19-23-9-4-3-5-10-23)16-25-13-8-12-24-11-6-7-14-27(24)25/h3-14,20-22,28-31,41H,15-19H2,1-2H3,(H2,36,42)(H,38,44)(H,39,43)(H,40,45)/t28?,29-,30-,31?/m0/s1. The van der Waals surface area contributed by atoms with Crippen molar-refractivity contribution >= 4 is 45.9 Å². The number of aromatic nitrogens is 1. The van der Waals surface area contributed by atoms with Gasteiger partial charge in [0, 0.05) is 18.2 Å². The molecule has 0 aliphatic carbocycles. The van der Waals surface area contributed by atoms with Crippen molar-refractivity contribution in [1.82, 2.24) is 20.9 Å². The number of carbonyl (C=O) groups excluding carboxylic acids is 4. The predicted molar refractivity (Wildman–Crippen MR) is 180 cm³/mol. The lowest BCUT2D eigenvalue weighted by molar-refractivity contribution is -0.131. The Morgan fingerprint density at radius 3 is 2.26 bits per heavy atom. The number of hydrogen-bond acceptors (Lipinski definition) is 8. The summed E-state index contributed by atoms with van der Waals surface area (Å²) < 4.78 is 5.44. The van der Waals surface area contributed by atoms with Crippen LogP contribution in [0.5, 0.6) is 0 Å². The molecular weight excluding hydrogens is 618 g/mol. The van der Waals surface area contributed by atoms with Crippen molar-refractivity contribution < 1.29 is 29.0 Å². The average Bonchev–Trinajstić information content (AvgIpc) is 3.56. The molecule has 1 heterocycles. The lowest BCUT2D eigenvalue weighted by Crippen LogP contribution is -2.57. The summed E-state index contributed by atoms with van der Waals surface area (Å²) in [4.78, 5) is 56.6. The van der Waals surface area contributed by atoms with E-state index in [0.29, 0.717) is 12.1 Å². The highest BCUT2D eigenvalue weighted by Crippen LogP contribution is 2.20. The van der Waals surface area contributed by atoms with Crippen LogP contribution in [0.25, 0.3) is 10.8 Å². The first-order valence-corrected chi connectivity index (χ1v) is 16.4. The van der Waals surface area contributed by atoms with Gasteiger partial charge in [-0.25, -0.2) is 9.78 Å². The number of benzene rings is 3. The van der Waals surface area contributed by atoms with E-state index in [1.165, 1.54) is 11.3 Å². The van der Waals surface area contributed by atoms with Crippen molar-refractivity contribution in [2.24, 2.45) is 11.7 Å². The van der Waals surface area contributed by atoms with Crippen LogP contribution < -0.4 is 21.7 Å². The van der Waals surface area contributed by atoms with E-state index in [9.17, 15) is 24.3 Å². The van der Waals surface area contributed by atoms with Gasteiger partial charge in [-0.2, -0.15) is 0 Å². The summed E-state index contributed by atoms with van der Waals surface area (Å²) in [6.45, 7) is 3.85. The van der Waals surface area contributed by atoms with Crippen molar-refractivity contribution in [3.05, 3.63) is 101 Å². The Balaban J connectivity index is 1.58. The van der Waals surface area contributed by atoms with Gasteiger partial charge in [0.05, 0.1) is 29.8 Å². The van der Waals surface area contributed by atoms with Crippen LogP contribution in [-0.4, -0.2) is 58.1 Å². The molecule has 47 heavy (non-hydrogen) atoms. The number of alkyl carbamates (subject to hydrolysis) is 1. The molecule has 6 N–H and O–H groups in total. The number of nitrogens with one attached hydrogen (secondary N) is 3. The van der Waals surface area contributed by atoms with Gasteiger partial charge in [0.2, 0.25) is 17.7 Å². The van der Waals surface area contributed by atoms with Crippen LogP contribution in [0.3, 0.4) is 0 Å². The smallest absolute Gasteiger partial charge is 0.408 e. The monoisotopic (exact) mass is 659 g/mol. The minimum absolute atomic E-state index is 0.00893. The molecule has 0 radical (unpaired) electrons. The van der Waals surface area contributed by atoms with Crippen LogP contribution in [0.15, 0.2) is 83.7 Å². The van der Waals surface area contributed by atoms with Crippen LogP contribution >= 0.6 is 11.3 Å². The van der Waals surface area contributed by atoms with Gasteiger partial charge in [0.15, 0.2) is 0 Å². The van der Waals surface area contributed by atoms with E-state index in [1.54, 1.807) is 10.9 Å². The van der Waals surface area contributed by atoms with E-state index in [-0.39, 0.29) is 31.8 Å². The van der Waals surface area contributed by atoms with Gasteiger partial charge in [-0.15, -0.1) is 11.3 Å². The van der Waals surface area contributed by atoms with Crippen molar-refractivity contribution in [3.63, 3.8) is 0 Å². The Morgan fingerprint density at radius 2 is 1.55 bits per heavy atom. The zero-order valence-corrected chi connectivity index (χ0v) is 27.2. The van der Waals surface area contributed by atoms with E-state index in [0.717, 1.165) is 21.9 Å². The fourth-order valence-corrected chi connectivity index (χ4v) is 5.86. The molecule has 1 aromatic heterocycles. The molecule has 11 nitrogen and oxygen atoms in total. The number of ether oxygens (including phenoxy) is 1. The van der Waals surface area contributed by atoms with Crippen molar-refractivity contribution in [3.8, 4) is 0 Å². The molecule has 4 rings (SSSR count). The minimum Gasteiger partial charge on any atom is -0.445 e. The Hall–Kier alpha value is -4.81. The molecular formula is C35H41N5O6S. The van der Waals surface area contributed by atoms with E-state index in [1.807, 2.05) is 86.6 Å². The number of aliphatic hydroxyl groups is 1. The van der Waals surface area contributed by atoms with Gasteiger partial charge in [0.25, 0.3) is 0 Å². The second-order valence-corrected chi connectivity index (χ2v) is 12.5. The van der Waals surface area contributed by atoms with E-state index in [4.69, 9.17) is 10.5 Å². The molecule has 248 valence electrons. The zero-order chi connectivity index (χ0) is 33.8. The van der Waals surface area contributed by atoms with Gasteiger partial charge in [0.1, 0.15) is 18.7 Å². The van der Waals surface area contributed by atoms with Crippen LogP contribution in [0.4, 0.5) is 4.79 Å². The normalized spacial score (nSPS) is 13.7. The lowest BCUT2D eigenvalue weighted by atomic mass is 9.96. The number of carbonyl (C=O) groups is 4. The molecule has 3 aromatic carbocycles. The summed E-state index contributed by atoms with van der Waals surface area (Å²) in [5.74, 6) is -1.81. The summed E-state index contributed by atoms with van der Waals surface area (Å²) >= 11 is 1.35. The summed E-state index contributed by atoms with van der Waals surface area (Å²) in [5.41, 5.74) is 9.12. The summed E-state index contributed by atoms with van der Waals surface area (Å²) in [5, 5.41) is 22.7. The number of amides is 4. The first kappa shape index (κ1) is 35.1. The second kappa shape index (κ2) is 17.2. The number of thiazole rings is 1. The maximum atomic E-state index is 14.0. The van der Waals surface area contributed by atoms with Crippen LogP contribution in [-0.2, 0) is 38.6 Å². The number of hydrogen-bond donors (Lipinski definition) is 5. The maximum absolute atomic E-state index is 14.0. The fourth-order valence-electron chi connectivity index (χ4n) is 5.29. The molecule has 0 aliphatic heterocycles.